The average Bonchev–Trinajstić information content (AvgIpc) is 2.97. The first-order valence-electron chi connectivity index (χ1n) is 15.2. The Morgan fingerprint density at radius 3 is 1.93 bits per heavy atom. The van der Waals surface area contributed by atoms with Crippen molar-refractivity contribution in [2.45, 2.75) is 71.0 Å². The Morgan fingerprint density at radius 2 is 1.37 bits per heavy atom. The van der Waals surface area contributed by atoms with Crippen LogP contribution >= 0.6 is 11.6 Å². The summed E-state index contributed by atoms with van der Waals surface area (Å²) in [5, 5.41) is 3.59. The van der Waals surface area contributed by atoms with Gasteiger partial charge >= 0.3 is 0 Å². The number of nitrogens with one attached hydrogen (secondary N) is 1. The zero-order chi connectivity index (χ0) is 33.6. The third-order valence-electron chi connectivity index (χ3n) is 7.42. The molecule has 46 heavy (non-hydrogen) atoms. The van der Waals surface area contributed by atoms with Crippen molar-refractivity contribution in [3.8, 4) is 0 Å². The Morgan fingerprint density at radius 1 is 0.783 bits per heavy atom. The lowest BCUT2D eigenvalue weighted by atomic mass is 10.0. The highest BCUT2D eigenvalue weighted by molar-refractivity contribution is 7.92. The van der Waals surface area contributed by atoms with E-state index >= 15 is 0 Å². The zero-order valence-corrected chi connectivity index (χ0v) is 28.8. The van der Waals surface area contributed by atoms with Crippen LogP contribution in [-0.4, -0.2) is 43.3 Å². The minimum absolute atomic E-state index is 0.0658. The van der Waals surface area contributed by atoms with Crippen LogP contribution in [0.25, 0.3) is 0 Å². The second-order valence-corrected chi connectivity index (χ2v) is 15.1. The van der Waals surface area contributed by atoms with Crippen molar-refractivity contribution < 1.29 is 18.0 Å². The lowest BCUT2D eigenvalue weighted by molar-refractivity contribution is -0.140. The van der Waals surface area contributed by atoms with Gasteiger partial charge in [0.1, 0.15) is 12.6 Å². The summed E-state index contributed by atoms with van der Waals surface area (Å²) in [4.78, 5) is 30.2. The number of aryl methyl sites for hydroxylation is 3. The van der Waals surface area contributed by atoms with Crippen LogP contribution in [0.1, 0.15) is 48.6 Å². The van der Waals surface area contributed by atoms with Gasteiger partial charge in [-0.1, -0.05) is 77.8 Å². The Hall–Kier alpha value is -4.14. The number of hydrogen-bond donors (Lipinski definition) is 1. The van der Waals surface area contributed by atoms with Gasteiger partial charge in [0.25, 0.3) is 10.0 Å². The molecule has 0 aromatic heterocycles. The Kier molecular flexibility index (Phi) is 11.0. The van der Waals surface area contributed by atoms with Crippen LogP contribution in [0.3, 0.4) is 0 Å². The minimum Gasteiger partial charge on any atom is -0.350 e. The van der Waals surface area contributed by atoms with Crippen LogP contribution in [-0.2, 0) is 32.6 Å². The van der Waals surface area contributed by atoms with Crippen molar-refractivity contribution in [2.24, 2.45) is 0 Å². The molecule has 2 amide bonds. The molecular formula is C37H42ClN3O4S. The standard InChI is InChI=1S/C37H42ClN3O4S/c1-26-12-18-33(19-13-26)46(44,45)41(32-21-27(2)20-28(3)22-32)25-35(42)40(24-30-14-16-31(38)17-15-30)34(36(43)39-37(4,5)6)23-29-10-8-7-9-11-29/h7-22,34H,23-25H2,1-6H3,(H,39,43)/t34-/m0/s1. The van der Waals surface area contributed by atoms with E-state index in [-0.39, 0.29) is 23.8 Å². The molecule has 4 rings (SSSR count). The van der Waals surface area contributed by atoms with Gasteiger partial charge in [0.05, 0.1) is 10.6 Å². The first-order valence-corrected chi connectivity index (χ1v) is 17.0. The molecule has 0 bridgehead atoms. The van der Waals surface area contributed by atoms with Crippen LogP contribution in [0.5, 0.6) is 0 Å². The van der Waals surface area contributed by atoms with Crippen LogP contribution in [0.4, 0.5) is 5.69 Å². The minimum atomic E-state index is -4.18. The van der Waals surface area contributed by atoms with Crippen LogP contribution < -0.4 is 9.62 Å². The summed E-state index contributed by atoms with van der Waals surface area (Å²) >= 11 is 6.17. The topological polar surface area (TPSA) is 86.8 Å². The number of amides is 2. The van der Waals surface area contributed by atoms with E-state index in [1.54, 1.807) is 60.7 Å². The second kappa shape index (κ2) is 14.5. The van der Waals surface area contributed by atoms with Gasteiger partial charge in [-0.3, -0.25) is 13.9 Å². The predicted molar refractivity (Wildman–Crippen MR) is 185 cm³/mol. The van der Waals surface area contributed by atoms with Crippen molar-refractivity contribution in [1.82, 2.24) is 10.2 Å². The summed E-state index contributed by atoms with van der Waals surface area (Å²) in [5.41, 5.74) is 4.04. The number of benzene rings is 4. The summed E-state index contributed by atoms with van der Waals surface area (Å²) < 4.78 is 29.7. The normalized spacial score (nSPS) is 12.3. The molecule has 7 nitrogen and oxygen atoms in total. The first-order chi connectivity index (χ1) is 21.6. The highest BCUT2D eigenvalue weighted by Gasteiger charge is 2.35. The molecule has 0 aliphatic carbocycles. The zero-order valence-electron chi connectivity index (χ0n) is 27.2. The maximum absolute atomic E-state index is 14.6. The van der Waals surface area contributed by atoms with Gasteiger partial charge in [-0.2, -0.15) is 0 Å². The molecule has 0 aliphatic rings. The van der Waals surface area contributed by atoms with E-state index in [1.165, 1.54) is 4.90 Å². The van der Waals surface area contributed by atoms with Crippen molar-refractivity contribution in [1.29, 1.82) is 0 Å². The van der Waals surface area contributed by atoms with Gasteiger partial charge in [0, 0.05) is 23.5 Å². The van der Waals surface area contributed by atoms with Gasteiger partial charge in [0.2, 0.25) is 11.8 Å². The molecule has 4 aromatic rings. The quantitative estimate of drug-likeness (QED) is 0.188. The van der Waals surface area contributed by atoms with E-state index in [0.29, 0.717) is 10.7 Å². The van der Waals surface area contributed by atoms with Crippen molar-refractivity contribution in [3.63, 3.8) is 0 Å². The molecule has 242 valence electrons. The number of carbonyl (C=O) groups excluding carboxylic acids is 2. The van der Waals surface area contributed by atoms with Crippen molar-refractivity contribution in [3.05, 3.63) is 130 Å². The molecule has 4 aromatic carbocycles. The Balaban J connectivity index is 1.84. The number of rotatable bonds is 11. The Bertz CT molecular complexity index is 1750. The lowest BCUT2D eigenvalue weighted by Crippen LogP contribution is -2.56. The van der Waals surface area contributed by atoms with E-state index in [2.05, 4.69) is 5.32 Å². The smallest absolute Gasteiger partial charge is 0.264 e. The maximum Gasteiger partial charge on any atom is 0.264 e. The van der Waals surface area contributed by atoms with Gasteiger partial charge in [-0.05, 0) is 100 Å². The molecular weight excluding hydrogens is 618 g/mol. The molecule has 0 radical (unpaired) electrons. The molecule has 0 saturated heterocycles. The summed E-state index contributed by atoms with van der Waals surface area (Å²) in [6.07, 6.45) is 0.232. The van der Waals surface area contributed by atoms with E-state index in [9.17, 15) is 18.0 Å². The van der Waals surface area contributed by atoms with Gasteiger partial charge in [-0.25, -0.2) is 8.42 Å². The van der Waals surface area contributed by atoms with E-state index in [1.807, 2.05) is 77.9 Å². The van der Waals surface area contributed by atoms with Gasteiger partial charge in [0.15, 0.2) is 0 Å². The maximum atomic E-state index is 14.6. The molecule has 0 spiro atoms. The number of hydrogen-bond acceptors (Lipinski definition) is 4. The Labute approximate surface area is 278 Å². The fourth-order valence-corrected chi connectivity index (χ4v) is 6.78. The summed E-state index contributed by atoms with van der Waals surface area (Å²) in [7, 11) is -4.18. The number of anilines is 1. The highest BCUT2D eigenvalue weighted by atomic mass is 35.5. The van der Waals surface area contributed by atoms with E-state index in [4.69, 9.17) is 11.6 Å². The molecule has 9 heteroatoms. The lowest BCUT2D eigenvalue weighted by Gasteiger charge is -2.35. The van der Waals surface area contributed by atoms with E-state index in [0.717, 1.165) is 32.1 Å². The number of carbonyl (C=O) groups is 2. The fourth-order valence-electron chi connectivity index (χ4n) is 5.25. The molecule has 0 fully saturated rings. The van der Waals surface area contributed by atoms with E-state index < -0.39 is 34.1 Å². The monoisotopic (exact) mass is 659 g/mol. The summed E-state index contributed by atoms with van der Waals surface area (Å²) in [6, 6.07) is 27.6. The molecule has 1 N–H and O–H groups in total. The third kappa shape index (κ3) is 9.21. The first kappa shape index (κ1) is 34.7. The average molecular weight is 660 g/mol. The third-order valence-corrected chi connectivity index (χ3v) is 9.46. The van der Waals surface area contributed by atoms with Gasteiger partial charge < -0.3 is 10.2 Å². The number of nitrogens with zero attached hydrogens (tertiary/aromatic N) is 2. The molecule has 0 aliphatic heterocycles. The van der Waals surface area contributed by atoms with Crippen molar-refractivity contribution >= 4 is 39.1 Å². The van der Waals surface area contributed by atoms with Gasteiger partial charge in [-0.15, -0.1) is 0 Å². The highest BCUT2D eigenvalue weighted by Crippen LogP contribution is 2.27. The molecule has 0 heterocycles. The number of halogens is 1. The molecule has 1 atom stereocenters. The fraction of sp³-hybridized carbons (Fsp3) is 0.297. The van der Waals surface area contributed by atoms with Crippen LogP contribution in [0.15, 0.2) is 102 Å². The molecule has 0 unspecified atom stereocenters. The molecule has 0 saturated carbocycles. The van der Waals surface area contributed by atoms with Crippen LogP contribution in [0, 0.1) is 20.8 Å². The largest absolute Gasteiger partial charge is 0.350 e. The number of sulfonamides is 1. The SMILES string of the molecule is Cc1ccc(S(=O)(=O)N(CC(=O)N(Cc2ccc(Cl)cc2)[C@@H](Cc2ccccc2)C(=O)NC(C)(C)C)c2cc(C)cc(C)c2)cc1. The summed E-state index contributed by atoms with van der Waals surface area (Å²) in [5.74, 6) is -0.854. The second-order valence-electron chi connectivity index (χ2n) is 12.8. The van der Waals surface area contributed by atoms with Crippen molar-refractivity contribution in [2.75, 3.05) is 10.8 Å². The summed E-state index contributed by atoms with van der Waals surface area (Å²) in [6.45, 7) is 10.8. The predicted octanol–water partition coefficient (Wildman–Crippen LogP) is 7.02. The van der Waals surface area contributed by atoms with Crippen LogP contribution in [0.2, 0.25) is 5.02 Å².